The van der Waals surface area contributed by atoms with E-state index in [-0.39, 0.29) is 0 Å². The van der Waals surface area contributed by atoms with Crippen LogP contribution in [0.2, 0.25) is 5.02 Å². The van der Waals surface area contributed by atoms with Crippen molar-refractivity contribution < 1.29 is 9.47 Å². The molecule has 0 bridgehead atoms. The second-order valence-corrected chi connectivity index (χ2v) is 4.49. The zero-order valence-corrected chi connectivity index (χ0v) is 11.5. The number of hydrogen-bond acceptors (Lipinski definition) is 3. The van der Waals surface area contributed by atoms with Crippen LogP contribution in [0.3, 0.4) is 0 Å². The van der Waals surface area contributed by atoms with E-state index < -0.39 is 0 Å². The fraction of sp³-hybridized carbons (Fsp3) is 0.455. The van der Waals surface area contributed by atoms with Crippen LogP contribution in [0.4, 0.5) is 0 Å². The molecule has 0 spiro atoms. The number of ether oxygens (including phenoxy) is 2. The maximum Gasteiger partial charge on any atom is 0.139 e. The molecular weight excluding hydrogens is 293 g/mol. The van der Waals surface area contributed by atoms with Gasteiger partial charge < -0.3 is 14.8 Å². The number of nitrogens with one attached hydrogen (secondary N) is 1. The molecule has 0 aliphatic rings. The minimum absolute atomic E-state index is 0.583. The fourth-order valence-corrected chi connectivity index (χ4v) is 1.63. The van der Waals surface area contributed by atoms with Gasteiger partial charge in [0.05, 0.1) is 11.6 Å². The van der Waals surface area contributed by atoms with Gasteiger partial charge in [-0.15, -0.1) is 0 Å². The van der Waals surface area contributed by atoms with Crippen molar-refractivity contribution in [1.82, 2.24) is 5.32 Å². The van der Waals surface area contributed by atoms with Crippen molar-refractivity contribution >= 4 is 27.5 Å². The van der Waals surface area contributed by atoms with Crippen molar-refractivity contribution in [3.63, 3.8) is 0 Å². The highest BCUT2D eigenvalue weighted by molar-refractivity contribution is 9.10. The molecule has 5 heteroatoms. The highest BCUT2D eigenvalue weighted by Crippen LogP contribution is 2.27. The lowest BCUT2D eigenvalue weighted by atomic mass is 10.3. The zero-order chi connectivity index (χ0) is 11.8. The van der Waals surface area contributed by atoms with Gasteiger partial charge in [0.15, 0.2) is 0 Å². The third-order valence-corrected chi connectivity index (χ3v) is 2.72. The van der Waals surface area contributed by atoms with Crippen LogP contribution in [0.1, 0.15) is 0 Å². The Morgan fingerprint density at radius 2 is 2.06 bits per heavy atom. The Bertz CT molecular complexity index is 323. The Hall–Kier alpha value is -0.290. The molecular formula is C11H15BrClNO2. The van der Waals surface area contributed by atoms with E-state index in [2.05, 4.69) is 21.2 Å². The summed E-state index contributed by atoms with van der Waals surface area (Å²) in [7, 11) is 1.68. The van der Waals surface area contributed by atoms with E-state index in [0.29, 0.717) is 24.0 Å². The van der Waals surface area contributed by atoms with Crippen LogP contribution in [0, 0.1) is 0 Å². The number of methoxy groups -OCH3 is 1. The molecule has 0 unspecified atom stereocenters. The molecule has 0 saturated heterocycles. The summed E-state index contributed by atoms with van der Waals surface area (Å²) >= 11 is 9.34. The predicted octanol–water partition coefficient (Wildman–Crippen LogP) is 2.72. The largest absolute Gasteiger partial charge is 0.491 e. The smallest absolute Gasteiger partial charge is 0.139 e. The molecule has 1 rings (SSSR count). The molecule has 0 fully saturated rings. The summed E-state index contributed by atoms with van der Waals surface area (Å²) in [6.07, 6.45) is 0. The molecule has 0 aliphatic carbocycles. The van der Waals surface area contributed by atoms with Gasteiger partial charge in [-0.1, -0.05) is 27.5 Å². The van der Waals surface area contributed by atoms with Crippen LogP contribution in [0.25, 0.3) is 0 Å². The van der Waals surface area contributed by atoms with Gasteiger partial charge in [0.25, 0.3) is 0 Å². The number of halogens is 2. The zero-order valence-electron chi connectivity index (χ0n) is 9.13. The molecule has 3 nitrogen and oxygen atoms in total. The monoisotopic (exact) mass is 307 g/mol. The minimum atomic E-state index is 0.583. The lowest BCUT2D eigenvalue weighted by molar-refractivity contribution is 0.197. The number of benzene rings is 1. The average Bonchev–Trinajstić information content (AvgIpc) is 2.28. The van der Waals surface area contributed by atoms with Crippen molar-refractivity contribution in [2.45, 2.75) is 0 Å². The van der Waals surface area contributed by atoms with Crippen LogP contribution >= 0.6 is 27.5 Å². The third kappa shape index (κ3) is 5.16. The standard InChI is InChI=1S/C11H15BrClNO2/c1-15-6-4-14-5-7-16-11-8-9(12)2-3-10(11)13/h2-3,8,14H,4-7H2,1H3. The molecule has 1 aromatic carbocycles. The van der Waals surface area contributed by atoms with E-state index in [1.54, 1.807) is 13.2 Å². The van der Waals surface area contributed by atoms with Crippen molar-refractivity contribution in [2.24, 2.45) is 0 Å². The van der Waals surface area contributed by atoms with Crippen LogP contribution in [0.15, 0.2) is 22.7 Å². The minimum Gasteiger partial charge on any atom is -0.491 e. The van der Waals surface area contributed by atoms with Crippen molar-refractivity contribution in [1.29, 1.82) is 0 Å². The Kier molecular flexibility index (Phi) is 6.80. The topological polar surface area (TPSA) is 30.5 Å². The molecule has 1 N–H and O–H groups in total. The lowest BCUT2D eigenvalue weighted by Crippen LogP contribution is -2.24. The van der Waals surface area contributed by atoms with Crippen LogP contribution in [-0.2, 0) is 4.74 Å². The van der Waals surface area contributed by atoms with E-state index in [1.807, 2.05) is 12.1 Å². The molecule has 0 aliphatic heterocycles. The summed E-state index contributed by atoms with van der Waals surface area (Å²) in [5.74, 6) is 0.699. The summed E-state index contributed by atoms with van der Waals surface area (Å²) in [5.41, 5.74) is 0. The van der Waals surface area contributed by atoms with Gasteiger partial charge in [-0.2, -0.15) is 0 Å². The van der Waals surface area contributed by atoms with Gasteiger partial charge in [-0.05, 0) is 18.2 Å². The van der Waals surface area contributed by atoms with Crippen molar-refractivity contribution in [2.75, 3.05) is 33.4 Å². The van der Waals surface area contributed by atoms with E-state index in [9.17, 15) is 0 Å². The number of hydrogen-bond donors (Lipinski definition) is 1. The van der Waals surface area contributed by atoms with Gasteiger partial charge in [0, 0.05) is 24.7 Å². The molecule has 0 atom stereocenters. The Balaban J connectivity index is 2.23. The molecule has 0 amide bonds. The average molecular weight is 309 g/mol. The molecule has 0 heterocycles. The second-order valence-electron chi connectivity index (χ2n) is 3.17. The predicted molar refractivity (Wildman–Crippen MR) is 69.4 cm³/mol. The first-order valence-electron chi connectivity index (χ1n) is 5.01. The molecule has 0 aromatic heterocycles. The number of rotatable bonds is 7. The Labute approximate surface area is 109 Å². The highest BCUT2D eigenvalue weighted by atomic mass is 79.9. The summed E-state index contributed by atoms with van der Waals surface area (Å²) < 4.78 is 11.4. The Morgan fingerprint density at radius 1 is 1.31 bits per heavy atom. The van der Waals surface area contributed by atoms with Crippen LogP contribution in [-0.4, -0.2) is 33.4 Å². The van der Waals surface area contributed by atoms with Crippen molar-refractivity contribution in [3.8, 4) is 5.75 Å². The molecule has 1 aromatic rings. The molecule has 0 radical (unpaired) electrons. The first-order valence-corrected chi connectivity index (χ1v) is 6.18. The third-order valence-electron chi connectivity index (χ3n) is 1.91. The summed E-state index contributed by atoms with van der Waals surface area (Å²) in [6.45, 7) is 2.88. The second kappa shape index (κ2) is 7.90. The fourth-order valence-electron chi connectivity index (χ4n) is 1.12. The quantitative estimate of drug-likeness (QED) is 0.786. The first-order chi connectivity index (χ1) is 7.74. The van der Waals surface area contributed by atoms with Gasteiger partial charge in [0.2, 0.25) is 0 Å². The van der Waals surface area contributed by atoms with E-state index in [1.165, 1.54) is 0 Å². The molecule has 90 valence electrons. The normalized spacial score (nSPS) is 10.4. The summed E-state index contributed by atoms with van der Waals surface area (Å²) in [5, 5.41) is 3.81. The van der Waals surface area contributed by atoms with Crippen molar-refractivity contribution in [3.05, 3.63) is 27.7 Å². The highest BCUT2D eigenvalue weighted by Gasteiger charge is 2.01. The van der Waals surface area contributed by atoms with E-state index in [4.69, 9.17) is 21.1 Å². The van der Waals surface area contributed by atoms with Gasteiger partial charge in [-0.3, -0.25) is 0 Å². The van der Waals surface area contributed by atoms with Gasteiger partial charge in [0.1, 0.15) is 12.4 Å². The summed E-state index contributed by atoms with van der Waals surface area (Å²) in [4.78, 5) is 0. The maximum atomic E-state index is 5.97. The maximum absolute atomic E-state index is 5.97. The van der Waals surface area contributed by atoms with E-state index in [0.717, 1.165) is 17.6 Å². The Morgan fingerprint density at radius 3 is 2.81 bits per heavy atom. The van der Waals surface area contributed by atoms with Gasteiger partial charge >= 0.3 is 0 Å². The van der Waals surface area contributed by atoms with Crippen LogP contribution in [0.5, 0.6) is 5.75 Å². The molecule has 0 saturated carbocycles. The molecule has 16 heavy (non-hydrogen) atoms. The van der Waals surface area contributed by atoms with E-state index >= 15 is 0 Å². The summed E-state index contributed by atoms with van der Waals surface area (Å²) in [6, 6.07) is 5.54. The SMILES string of the molecule is COCCNCCOc1cc(Br)ccc1Cl. The van der Waals surface area contributed by atoms with Crippen LogP contribution < -0.4 is 10.1 Å². The van der Waals surface area contributed by atoms with Gasteiger partial charge in [-0.25, -0.2) is 0 Å². The lowest BCUT2D eigenvalue weighted by Gasteiger charge is -2.09. The first kappa shape index (κ1) is 13.8.